The Hall–Kier alpha value is -0.270. The molecule has 0 amide bonds. The van der Waals surface area contributed by atoms with Crippen molar-refractivity contribution in [2.45, 2.75) is 96.8 Å². The standard InChI is InChI=1S/C18H34O5S.C3H6O4S.Na.H/c1-2-3-4-5-6-7-8-9-10-11-12-13-14-15-16-17-18(19)23-24(20,21)22;1-2-3-7-8(4,5)6;;/h9-10H,2-8,11-17H2,1H3,(H,20,21,22);2H,1,3H2,(H,4,5,6);;/b10-9-;;;. The van der Waals surface area contributed by atoms with Crippen LogP contribution in [0.2, 0.25) is 0 Å². The molecule has 0 heterocycles. The third-order valence-corrected chi connectivity index (χ3v) is 5.01. The minimum atomic E-state index is -4.65. The fourth-order valence-electron chi connectivity index (χ4n) is 2.63. The van der Waals surface area contributed by atoms with Gasteiger partial charge in [-0.25, -0.2) is 4.18 Å². The second kappa shape index (κ2) is 24.8. The van der Waals surface area contributed by atoms with Crippen LogP contribution in [-0.2, 0) is 34.0 Å². The predicted octanol–water partition coefficient (Wildman–Crippen LogP) is 4.71. The molecule has 0 saturated carbocycles. The number of hydrogen-bond acceptors (Lipinski definition) is 7. The van der Waals surface area contributed by atoms with Crippen molar-refractivity contribution in [1.82, 2.24) is 0 Å². The van der Waals surface area contributed by atoms with Crippen LogP contribution in [0.1, 0.15) is 96.8 Å². The Kier molecular flexibility index (Phi) is 28.1. The van der Waals surface area contributed by atoms with E-state index in [9.17, 15) is 21.6 Å². The Labute approximate surface area is 222 Å². The molecular formula is C21H41NaO9S2. The summed E-state index contributed by atoms with van der Waals surface area (Å²) in [5.41, 5.74) is 0. The molecule has 0 aliphatic rings. The molecular weight excluding hydrogens is 483 g/mol. The molecule has 0 fully saturated rings. The van der Waals surface area contributed by atoms with Crippen LogP contribution in [0.5, 0.6) is 0 Å². The van der Waals surface area contributed by atoms with E-state index in [0.29, 0.717) is 6.42 Å². The quantitative estimate of drug-likeness (QED) is 0.106. The molecule has 0 aliphatic carbocycles. The van der Waals surface area contributed by atoms with Gasteiger partial charge in [-0.3, -0.25) is 13.9 Å². The molecule has 0 aromatic heterocycles. The first-order valence-corrected chi connectivity index (χ1v) is 13.8. The first-order chi connectivity index (χ1) is 15.0. The Bertz CT molecular complexity index is 705. The van der Waals surface area contributed by atoms with Crippen molar-refractivity contribution in [2.75, 3.05) is 6.61 Å². The van der Waals surface area contributed by atoms with Crippen molar-refractivity contribution in [1.29, 1.82) is 0 Å². The zero-order valence-corrected chi connectivity index (χ0v) is 20.7. The van der Waals surface area contributed by atoms with Crippen LogP contribution >= 0.6 is 0 Å². The second-order valence-corrected chi connectivity index (χ2v) is 9.33. The van der Waals surface area contributed by atoms with Crippen molar-refractivity contribution in [3.05, 3.63) is 24.8 Å². The molecule has 192 valence electrons. The third kappa shape index (κ3) is 39.3. The molecule has 0 spiro atoms. The van der Waals surface area contributed by atoms with Crippen LogP contribution in [0.25, 0.3) is 0 Å². The van der Waals surface area contributed by atoms with Gasteiger partial charge >= 0.3 is 56.3 Å². The van der Waals surface area contributed by atoms with Gasteiger partial charge in [-0.05, 0) is 32.1 Å². The fourth-order valence-corrected chi connectivity index (χ4v) is 3.22. The minimum absolute atomic E-state index is 0. The Balaban J connectivity index is -0.000000851. The maximum absolute atomic E-state index is 11.0. The average molecular weight is 525 g/mol. The predicted molar refractivity (Wildman–Crippen MR) is 132 cm³/mol. The molecule has 0 unspecified atom stereocenters. The summed E-state index contributed by atoms with van der Waals surface area (Å²) in [6.07, 6.45) is 20.8. The number of carbonyl (C=O) groups excluding carboxylic acids is 1. The summed E-state index contributed by atoms with van der Waals surface area (Å²) >= 11 is 0. The van der Waals surface area contributed by atoms with Gasteiger partial charge in [0.05, 0.1) is 6.61 Å². The zero-order chi connectivity index (χ0) is 24.7. The molecule has 0 aromatic rings. The molecule has 2 N–H and O–H groups in total. The zero-order valence-electron chi connectivity index (χ0n) is 19.1. The molecule has 0 atom stereocenters. The summed E-state index contributed by atoms with van der Waals surface area (Å²) < 4.78 is 63.8. The van der Waals surface area contributed by atoms with E-state index in [1.54, 1.807) is 0 Å². The molecule has 0 rings (SSSR count). The Morgan fingerprint density at radius 3 is 1.64 bits per heavy atom. The van der Waals surface area contributed by atoms with Crippen LogP contribution in [0, 0.1) is 0 Å². The molecule has 0 bridgehead atoms. The van der Waals surface area contributed by atoms with E-state index in [-0.39, 0.29) is 42.6 Å². The van der Waals surface area contributed by atoms with Gasteiger partial charge in [0, 0.05) is 6.42 Å². The van der Waals surface area contributed by atoms with E-state index in [4.69, 9.17) is 9.11 Å². The van der Waals surface area contributed by atoms with Crippen LogP contribution < -0.4 is 0 Å². The van der Waals surface area contributed by atoms with E-state index in [1.165, 1.54) is 51.0 Å². The van der Waals surface area contributed by atoms with E-state index in [0.717, 1.165) is 32.1 Å². The Morgan fingerprint density at radius 2 is 1.24 bits per heavy atom. The van der Waals surface area contributed by atoms with Crippen LogP contribution in [0.3, 0.4) is 0 Å². The van der Waals surface area contributed by atoms with Crippen LogP contribution in [0.4, 0.5) is 0 Å². The summed E-state index contributed by atoms with van der Waals surface area (Å²) in [7, 11) is -8.91. The summed E-state index contributed by atoms with van der Waals surface area (Å²) in [6.45, 7) is 5.20. The fraction of sp³-hybridized carbons (Fsp3) is 0.762. The summed E-state index contributed by atoms with van der Waals surface area (Å²) in [4.78, 5) is 11.0. The molecule has 33 heavy (non-hydrogen) atoms. The van der Waals surface area contributed by atoms with Gasteiger partial charge in [0.25, 0.3) is 0 Å². The van der Waals surface area contributed by atoms with Gasteiger partial charge in [0.2, 0.25) is 0 Å². The Morgan fingerprint density at radius 1 is 0.788 bits per heavy atom. The first kappa shape index (κ1) is 37.3. The number of rotatable bonds is 19. The molecule has 9 nitrogen and oxygen atoms in total. The van der Waals surface area contributed by atoms with Crippen molar-refractivity contribution in [2.24, 2.45) is 0 Å². The van der Waals surface area contributed by atoms with Crippen molar-refractivity contribution >= 4 is 56.3 Å². The van der Waals surface area contributed by atoms with Gasteiger partial charge in [0.15, 0.2) is 0 Å². The molecule has 0 aromatic carbocycles. The maximum atomic E-state index is 11.0. The number of allylic oxidation sites excluding steroid dienone is 2. The number of carbonyl (C=O) groups is 1. The van der Waals surface area contributed by atoms with E-state index < -0.39 is 26.8 Å². The molecule has 0 aliphatic heterocycles. The third-order valence-electron chi connectivity index (χ3n) is 4.18. The summed E-state index contributed by atoms with van der Waals surface area (Å²) in [6, 6.07) is 0. The van der Waals surface area contributed by atoms with Crippen molar-refractivity contribution < 1.29 is 39.1 Å². The SMILES string of the molecule is C=CCOS(=O)(=O)O.CCCCCCCC/C=C\CCCCCCCC(=O)OS(=O)(=O)O.[NaH]. The molecule has 0 radical (unpaired) electrons. The van der Waals surface area contributed by atoms with Crippen molar-refractivity contribution in [3.63, 3.8) is 0 Å². The summed E-state index contributed by atoms with van der Waals surface area (Å²) in [5.74, 6) is -0.893. The van der Waals surface area contributed by atoms with Gasteiger partial charge in [0.1, 0.15) is 0 Å². The second-order valence-electron chi connectivity index (χ2n) is 7.22. The van der Waals surface area contributed by atoms with E-state index in [1.807, 2.05) is 0 Å². The first-order valence-electron chi connectivity index (χ1n) is 11.1. The number of unbranched alkanes of at least 4 members (excludes halogenated alkanes) is 11. The van der Waals surface area contributed by atoms with E-state index in [2.05, 4.69) is 34.0 Å². The van der Waals surface area contributed by atoms with Gasteiger partial charge in [-0.1, -0.05) is 76.5 Å². The normalized spacial score (nSPS) is 11.4. The van der Waals surface area contributed by atoms with Gasteiger partial charge in [-0.15, -0.1) is 6.58 Å². The van der Waals surface area contributed by atoms with Gasteiger partial charge in [-0.2, -0.15) is 16.8 Å². The average Bonchev–Trinajstić information content (AvgIpc) is 2.68. The molecule has 12 heteroatoms. The van der Waals surface area contributed by atoms with Crippen LogP contribution in [-0.4, -0.2) is 68.1 Å². The number of hydrogen-bond donors (Lipinski definition) is 2. The van der Waals surface area contributed by atoms with E-state index >= 15 is 0 Å². The summed E-state index contributed by atoms with van der Waals surface area (Å²) in [5, 5.41) is 0. The van der Waals surface area contributed by atoms with Crippen LogP contribution in [0.15, 0.2) is 24.8 Å². The van der Waals surface area contributed by atoms with Gasteiger partial charge < -0.3 is 4.18 Å². The topological polar surface area (TPSA) is 144 Å². The van der Waals surface area contributed by atoms with Crippen molar-refractivity contribution in [3.8, 4) is 0 Å². The monoisotopic (exact) mass is 524 g/mol. The molecule has 0 saturated heterocycles.